The van der Waals surface area contributed by atoms with Crippen LogP contribution in [0.5, 0.6) is 0 Å². The van der Waals surface area contributed by atoms with Crippen molar-refractivity contribution in [2.75, 3.05) is 0 Å². The van der Waals surface area contributed by atoms with E-state index in [1.807, 2.05) is 37.3 Å². The first kappa shape index (κ1) is 15.2. The van der Waals surface area contributed by atoms with Gasteiger partial charge < -0.3 is 11.1 Å². The molecule has 3 nitrogen and oxygen atoms in total. The Morgan fingerprint density at radius 1 is 1.10 bits per heavy atom. The van der Waals surface area contributed by atoms with Gasteiger partial charge in [0, 0.05) is 12.5 Å². The molecule has 0 bridgehead atoms. The quantitative estimate of drug-likeness (QED) is 0.887. The van der Waals surface area contributed by atoms with Crippen molar-refractivity contribution >= 4 is 5.91 Å². The van der Waals surface area contributed by atoms with Crippen LogP contribution < -0.4 is 11.1 Å². The third-order valence-electron chi connectivity index (χ3n) is 3.38. The summed E-state index contributed by atoms with van der Waals surface area (Å²) in [6, 6.07) is 15.1. The maximum atomic E-state index is 12.9. The zero-order valence-electron chi connectivity index (χ0n) is 11.9. The van der Waals surface area contributed by atoms with Crippen LogP contribution in [0.3, 0.4) is 0 Å². The van der Waals surface area contributed by atoms with Gasteiger partial charge >= 0.3 is 0 Å². The molecule has 0 aliphatic rings. The minimum Gasteiger partial charge on any atom is -0.350 e. The second kappa shape index (κ2) is 6.99. The summed E-state index contributed by atoms with van der Waals surface area (Å²) in [4.78, 5) is 12.0. The van der Waals surface area contributed by atoms with Crippen LogP contribution >= 0.6 is 0 Å². The van der Waals surface area contributed by atoms with Crippen LogP contribution in [-0.4, -0.2) is 5.91 Å². The Labute approximate surface area is 124 Å². The van der Waals surface area contributed by atoms with Gasteiger partial charge in [-0.3, -0.25) is 4.79 Å². The average Bonchev–Trinajstić information content (AvgIpc) is 2.48. The topological polar surface area (TPSA) is 55.1 Å². The van der Waals surface area contributed by atoms with Gasteiger partial charge in [-0.15, -0.1) is 0 Å². The van der Waals surface area contributed by atoms with E-state index in [4.69, 9.17) is 5.73 Å². The van der Waals surface area contributed by atoms with Crippen LogP contribution in [0.2, 0.25) is 0 Å². The number of benzene rings is 2. The lowest BCUT2D eigenvalue weighted by Crippen LogP contribution is -2.29. The third-order valence-corrected chi connectivity index (χ3v) is 3.38. The average molecular weight is 286 g/mol. The molecule has 0 saturated carbocycles. The maximum absolute atomic E-state index is 12.9. The summed E-state index contributed by atoms with van der Waals surface area (Å²) >= 11 is 0. The molecule has 0 unspecified atom stereocenters. The molecule has 0 spiro atoms. The fourth-order valence-electron chi connectivity index (χ4n) is 2.15. The summed E-state index contributed by atoms with van der Waals surface area (Å²) in [5.74, 6) is -0.434. The molecule has 0 fully saturated rings. The van der Waals surface area contributed by atoms with Gasteiger partial charge in [0.15, 0.2) is 0 Å². The number of hydrogen-bond acceptors (Lipinski definition) is 2. The second-order valence-corrected chi connectivity index (χ2v) is 5.06. The fourth-order valence-corrected chi connectivity index (χ4v) is 2.15. The lowest BCUT2D eigenvalue weighted by atomic mass is 10.0. The van der Waals surface area contributed by atoms with Crippen molar-refractivity contribution in [1.29, 1.82) is 0 Å². The fraction of sp³-hybridized carbons (Fsp3) is 0.235. The van der Waals surface area contributed by atoms with Crippen molar-refractivity contribution in [3.63, 3.8) is 0 Å². The van der Waals surface area contributed by atoms with Gasteiger partial charge in [-0.25, -0.2) is 4.39 Å². The van der Waals surface area contributed by atoms with Crippen molar-refractivity contribution in [3.8, 4) is 0 Å². The molecular weight excluding hydrogens is 267 g/mol. The Morgan fingerprint density at radius 3 is 2.33 bits per heavy atom. The lowest BCUT2D eigenvalue weighted by Gasteiger charge is -2.17. The van der Waals surface area contributed by atoms with Crippen LogP contribution in [0.4, 0.5) is 4.39 Å². The molecule has 2 rings (SSSR count). The predicted octanol–water partition coefficient (Wildman–Crippen LogP) is 3.09. The van der Waals surface area contributed by atoms with E-state index in [-0.39, 0.29) is 24.2 Å². The molecule has 0 radical (unpaired) electrons. The number of amides is 1. The summed E-state index contributed by atoms with van der Waals surface area (Å²) in [5, 5.41) is 2.92. The Balaban J connectivity index is 1.91. The lowest BCUT2D eigenvalue weighted by molar-refractivity contribution is -0.122. The molecule has 4 heteroatoms. The molecule has 21 heavy (non-hydrogen) atoms. The minimum atomic E-state index is -0.437. The van der Waals surface area contributed by atoms with E-state index in [1.165, 1.54) is 12.1 Å². The van der Waals surface area contributed by atoms with E-state index in [9.17, 15) is 9.18 Å². The van der Waals surface area contributed by atoms with E-state index < -0.39 is 6.04 Å². The first-order valence-corrected chi connectivity index (χ1v) is 6.91. The molecule has 2 aromatic carbocycles. The van der Waals surface area contributed by atoms with Crippen molar-refractivity contribution in [2.24, 2.45) is 5.73 Å². The maximum Gasteiger partial charge on any atom is 0.222 e. The minimum absolute atomic E-state index is 0.0703. The number of halogens is 1. The third kappa shape index (κ3) is 4.39. The van der Waals surface area contributed by atoms with Crippen molar-refractivity contribution in [2.45, 2.75) is 25.4 Å². The summed E-state index contributed by atoms with van der Waals surface area (Å²) < 4.78 is 12.9. The Kier molecular flexibility index (Phi) is 5.06. The highest BCUT2D eigenvalue weighted by Crippen LogP contribution is 2.16. The predicted molar refractivity (Wildman–Crippen MR) is 80.9 cm³/mol. The molecule has 1 amide bonds. The van der Waals surface area contributed by atoms with Crippen LogP contribution in [0.1, 0.15) is 36.6 Å². The zero-order chi connectivity index (χ0) is 15.2. The van der Waals surface area contributed by atoms with Gasteiger partial charge in [-0.1, -0.05) is 42.5 Å². The summed E-state index contributed by atoms with van der Waals surface area (Å²) in [6.07, 6.45) is 0.169. The van der Waals surface area contributed by atoms with Crippen LogP contribution in [0.15, 0.2) is 54.6 Å². The van der Waals surface area contributed by atoms with Gasteiger partial charge in [0.05, 0.1) is 6.04 Å². The second-order valence-electron chi connectivity index (χ2n) is 5.06. The largest absolute Gasteiger partial charge is 0.350 e. The summed E-state index contributed by atoms with van der Waals surface area (Å²) in [7, 11) is 0. The molecule has 0 heterocycles. The molecule has 2 aromatic rings. The smallest absolute Gasteiger partial charge is 0.222 e. The highest BCUT2D eigenvalue weighted by atomic mass is 19.1. The summed E-state index contributed by atoms with van der Waals surface area (Å²) in [5.41, 5.74) is 7.77. The standard InChI is InChI=1S/C17H19FN2O/c1-12(13-5-3-2-4-6-13)20-17(21)11-16(19)14-7-9-15(18)10-8-14/h2-10,12,16H,11,19H2,1H3,(H,20,21)/t12-,16+/m1/s1. The summed E-state index contributed by atoms with van der Waals surface area (Å²) in [6.45, 7) is 1.93. The van der Waals surface area contributed by atoms with E-state index in [2.05, 4.69) is 5.32 Å². The van der Waals surface area contributed by atoms with Gasteiger partial charge in [-0.05, 0) is 30.2 Å². The first-order valence-electron chi connectivity index (χ1n) is 6.91. The van der Waals surface area contributed by atoms with Gasteiger partial charge in [-0.2, -0.15) is 0 Å². The number of carbonyl (C=O) groups excluding carboxylic acids is 1. The van der Waals surface area contributed by atoms with Gasteiger partial charge in [0.25, 0.3) is 0 Å². The van der Waals surface area contributed by atoms with Crippen LogP contribution in [-0.2, 0) is 4.79 Å². The first-order chi connectivity index (χ1) is 10.1. The van der Waals surface area contributed by atoms with E-state index in [0.29, 0.717) is 0 Å². The van der Waals surface area contributed by atoms with Gasteiger partial charge in [0.1, 0.15) is 5.82 Å². The number of carbonyl (C=O) groups is 1. The number of hydrogen-bond donors (Lipinski definition) is 2. The Morgan fingerprint density at radius 2 is 1.71 bits per heavy atom. The normalized spacial score (nSPS) is 13.5. The molecule has 2 atom stereocenters. The highest BCUT2D eigenvalue weighted by Gasteiger charge is 2.14. The molecule has 0 aliphatic heterocycles. The molecule has 3 N–H and O–H groups in total. The molecule has 0 saturated heterocycles. The van der Waals surface area contributed by atoms with E-state index in [0.717, 1.165) is 11.1 Å². The SMILES string of the molecule is C[C@@H](NC(=O)C[C@H](N)c1ccc(F)cc1)c1ccccc1. The Bertz CT molecular complexity index is 583. The molecule has 110 valence electrons. The number of rotatable bonds is 5. The molecule has 0 aliphatic carbocycles. The van der Waals surface area contributed by atoms with Crippen molar-refractivity contribution in [3.05, 3.63) is 71.5 Å². The number of nitrogens with one attached hydrogen (secondary N) is 1. The highest BCUT2D eigenvalue weighted by molar-refractivity contribution is 5.77. The van der Waals surface area contributed by atoms with E-state index in [1.54, 1.807) is 12.1 Å². The molecule has 0 aromatic heterocycles. The van der Waals surface area contributed by atoms with Crippen LogP contribution in [0.25, 0.3) is 0 Å². The zero-order valence-corrected chi connectivity index (χ0v) is 11.9. The van der Waals surface area contributed by atoms with Crippen molar-refractivity contribution < 1.29 is 9.18 Å². The monoisotopic (exact) mass is 286 g/mol. The van der Waals surface area contributed by atoms with Crippen LogP contribution in [0, 0.1) is 5.82 Å². The number of nitrogens with two attached hydrogens (primary N) is 1. The van der Waals surface area contributed by atoms with E-state index >= 15 is 0 Å². The van der Waals surface area contributed by atoms with Gasteiger partial charge in [0.2, 0.25) is 5.91 Å². The van der Waals surface area contributed by atoms with Crippen molar-refractivity contribution in [1.82, 2.24) is 5.32 Å². The molecular formula is C17H19FN2O. The Hall–Kier alpha value is -2.20.